The SMILES string of the molecule is NC(=O)c1ccc(-c2ccc(C(=O)O)cn2)nc1. The topological polar surface area (TPSA) is 106 Å². The van der Waals surface area contributed by atoms with E-state index in [1.54, 1.807) is 12.1 Å². The van der Waals surface area contributed by atoms with Gasteiger partial charge in [0.15, 0.2) is 0 Å². The van der Waals surface area contributed by atoms with Crippen LogP contribution in [0.2, 0.25) is 0 Å². The van der Waals surface area contributed by atoms with Crippen molar-refractivity contribution in [3.05, 3.63) is 47.8 Å². The maximum absolute atomic E-state index is 10.9. The number of hydrogen-bond donors (Lipinski definition) is 2. The molecule has 0 unspecified atom stereocenters. The van der Waals surface area contributed by atoms with Gasteiger partial charge in [0.1, 0.15) is 0 Å². The lowest BCUT2D eigenvalue weighted by atomic mass is 10.2. The van der Waals surface area contributed by atoms with Crippen LogP contribution in [-0.4, -0.2) is 27.0 Å². The normalized spacial score (nSPS) is 10.0. The molecule has 6 nitrogen and oxygen atoms in total. The van der Waals surface area contributed by atoms with E-state index < -0.39 is 11.9 Å². The van der Waals surface area contributed by atoms with Crippen LogP contribution in [0, 0.1) is 0 Å². The first kappa shape index (κ1) is 11.7. The highest BCUT2D eigenvalue weighted by Crippen LogP contribution is 2.14. The van der Waals surface area contributed by atoms with Crippen LogP contribution < -0.4 is 5.73 Å². The van der Waals surface area contributed by atoms with E-state index >= 15 is 0 Å². The molecule has 0 aromatic carbocycles. The predicted molar refractivity (Wildman–Crippen MR) is 62.9 cm³/mol. The average Bonchev–Trinajstić information content (AvgIpc) is 2.39. The summed E-state index contributed by atoms with van der Waals surface area (Å²) in [5.41, 5.74) is 6.57. The Labute approximate surface area is 102 Å². The Bertz CT molecular complexity index is 535. The maximum Gasteiger partial charge on any atom is 0.337 e. The maximum atomic E-state index is 10.9. The minimum atomic E-state index is -1.04. The first-order valence-corrected chi connectivity index (χ1v) is 5.03. The molecule has 3 N–H and O–H groups in total. The molecule has 0 saturated carbocycles. The summed E-state index contributed by atoms with van der Waals surface area (Å²) < 4.78 is 0. The molecule has 0 spiro atoms. The Hall–Kier alpha value is -2.76. The summed E-state index contributed by atoms with van der Waals surface area (Å²) in [5, 5.41) is 8.74. The Morgan fingerprint density at radius 2 is 1.44 bits per heavy atom. The molecule has 18 heavy (non-hydrogen) atoms. The number of carbonyl (C=O) groups excluding carboxylic acids is 1. The number of aromatic nitrogens is 2. The van der Waals surface area contributed by atoms with Crippen LogP contribution in [0.5, 0.6) is 0 Å². The van der Waals surface area contributed by atoms with Gasteiger partial charge in [-0.15, -0.1) is 0 Å². The summed E-state index contributed by atoms with van der Waals surface area (Å²) in [6.45, 7) is 0. The Morgan fingerprint density at radius 3 is 1.78 bits per heavy atom. The van der Waals surface area contributed by atoms with Crippen LogP contribution in [0.25, 0.3) is 11.4 Å². The standard InChI is InChI=1S/C12H9N3O3/c13-11(16)7-1-3-9(14-5-7)10-4-2-8(6-15-10)12(17)18/h1-6H,(H2,13,16)(H,17,18). The largest absolute Gasteiger partial charge is 0.478 e. The number of hydrogen-bond acceptors (Lipinski definition) is 4. The molecule has 6 heteroatoms. The third-order valence-electron chi connectivity index (χ3n) is 2.32. The van der Waals surface area contributed by atoms with Gasteiger partial charge in [-0.25, -0.2) is 4.79 Å². The fourth-order valence-corrected chi connectivity index (χ4v) is 1.36. The number of nitrogens with two attached hydrogens (primary N) is 1. The van der Waals surface area contributed by atoms with Gasteiger partial charge in [-0.1, -0.05) is 0 Å². The zero-order valence-corrected chi connectivity index (χ0v) is 9.20. The average molecular weight is 243 g/mol. The number of pyridine rings is 2. The number of rotatable bonds is 3. The summed E-state index contributed by atoms with van der Waals surface area (Å²) in [4.78, 5) is 29.6. The molecule has 0 aliphatic heterocycles. The molecule has 90 valence electrons. The van der Waals surface area contributed by atoms with Gasteiger partial charge in [0.05, 0.1) is 22.5 Å². The van der Waals surface area contributed by atoms with Crippen molar-refractivity contribution in [3.8, 4) is 11.4 Å². The summed E-state index contributed by atoms with van der Waals surface area (Å²) in [5.74, 6) is -1.59. The van der Waals surface area contributed by atoms with Crippen molar-refractivity contribution in [2.45, 2.75) is 0 Å². The van der Waals surface area contributed by atoms with Crippen LogP contribution >= 0.6 is 0 Å². The van der Waals surface area contributed by atoms with Crippen molar-refractivity contribution in [2.24, 2.45) is 5.73 Å². The number of carboxylic acids is 1. The van der Waals surface area contributed by atoms with Crippen molar-refractivity contribution in [1.29, 1.82) is 0 Å². The van der Waals surface area contributed by atoms with Crippen molar-refractivity contribution >= 4 is 11.9 Å². The highest BCUT2D eigenvalue weighted by atomic mass is 16.4. The van der Waals surface area contributed by atoms with E-state index in [9.17, 15) is 9.59 Å². The van der Waals surface area contributed by atoms with Crippen molar-refractivity contribution in [1.82, 2.24) is 9.97 Å². The third-order valence-corrected chi connectivity index (χ3v) is 2.32. The lowest BCUT2D eigenvalue weighted by Gasteiger charge is -2.01. The molecule has 1 amide bonds. The monoisotopic (exact) mass is 243 g/mol. The van der Waals surface area contributed by atoms with Gasteiger partial charge in [0, 0.05) is 12.4 Å². The van der Waals surface area contributed by atoms with Gasteiger partial charge in [-0.3, -0.25) is 14.8 Å². The van der Waals surface area contributed by atoms with Crippen LogP contribution in [0.3, 0.4) is 0 Å². The lowest BCUT2D eigenvalue weighted by molar-refractivity contribution is 0.0696. The number of carboxylic acid groups (broad SMARTS) is 1. The zero-order valence-electron chi connectivity index (χ0n) is 9.20. The van der Waals surface area contributed by atoms with E-state index in [0.29, 0.717) is 17.0 Å². The van der Waals surface area contributed by atoms with Crippen molar-refractivity contribution < 1.29 is 14.7 Å². The van der Waals surface area contributed by atoms with E-state index in [1.807, 2.05) is 0 Å². The van der Waals surface area contributed by atoms with E-state index in [2.05, 4.69) is 9.97 Å². The number of carbonyl (C=O) groups is 2. The molecular weight excluding hydrogens is 234 g/mol. The van der Waals surface area contributed by atoms with Gasteiger partial charge in [-0.05, 0) is 24.3 Å². The van der Waals surface area contributed by atoms with Gasteiger partial charge in [-0.2, -0.15) is 0 Å². The van der Waals surface area contributed by atoms with Gasteiger partial charge in [0.25, 0.3) is 0 Å². The second-order valence-corrected chi connectivity index (χ2v) is 3.53. The van der Waals surface area contributed by atoms with Crippen LogP contribution in [-0.2, 0) is 0 Å². The first-order chi connectivity index (χ1) is 8.58. The smallest absolute Gasteiger partial charge is 0.337 e. The van der Waals surface area contributed by atoms with Gasteiger partial charge < -0.3 is 10.8 Å². The zero-order chi connectivity index (χ0) is 13.1. The van der Waals surface area contributed by atoms with Crippen LogP contribution in [0.4, 0.5) is 0 Å². The summed E-state index contributed by atoms with van der Waals surface area (Å²) in [6.07, 6.45) is 2.60. The highest BCUT2D eigenvalue weighted by molar-refractivity contribution is 5.92. The summed E-state index contributed by atoms with van der Waals surface area (Å²) >= 11 is 0. The van der Waals surface area contributed by atoms with Crippen LogP contribution in [0.1, 0.15) is 20.7 Å². The molecule has 0 atom stereocenters. The number of primary amides is 1. The van der Waals surface area contributed by atoms with Crippen molar-refractivity contribution in [3.63, 3.8) is 0 Å². The Balaban J connectivity index is 2.31. The summed E-state index contributed by atoms with van der Waals surface area (Å²) in [7, 11) is 0. The molecule has 0 aliphatic rings. The minimum Gasteiger partial charge on any atom is -0.478 e. The quantitative estimate of drug-likeness (QED) is 0.834. The number of amides is 1. The first-order valence-electron chi connectivity index (χ1n) is 5.03. The molecule has 0 saturated heterocycles. The van der Waals surface area contributed by atoms with Gasteiger partial charge >= 0.3 is 5.97 Å². The number of nitrogens with zero attached hydrogens (tertiary/aromatic N) is 2. The number of aromatic carboxylic acids is 1. The second-order valence-electron chi connectivity index (χ2n) is 3.53. The second kappa shape index (κ2) is 4.62. The fraction of sp³-hybridized carbons (Fsp3) is 0. The Morgan fingerprint density at radius 1 is 0.944 bits per heavy atom. The van der Waals surface area contributed by atoms with E-state index in [4.69, 9.17) is 10.8 Å². The molecule has 0 bridgehead atoms. The predicted octanol–water partition coefficient (Wildman–Crippen LogP) is 0.941. The van der Waals surface area contributed by atoms with E-state index in [1.165, 1.54) is 24.5 Å². The molecule has 0 aliphatic carbocycles. The van der Waals surface area contributed by atoms with Crippen LogP contribution in [0.15, 0.2) is 36.7 Å². The molecule has 2 rings (SSSR count). The molecule has 2 heterocycles. The van der Waals surface area contributed by atoms with Gasteiger partial charge in [0.2, 0.25) is 5.91 Å². The summed E-state index contributed by atoms with van der Waals surface area (Å²) in [6, 6.07) is 6.13. The lowest BCUT2D eigenvalue weighted by Crippen LogP contribution is -2.11. The molecular formula is C12H9N3O3. The third kappa shape index (κ3) is 2.32. The molecule has 0 radical (unpaired) electrons. The minimum absolute atomic E-state index is 0.104. The molecule has 0 fully saturated rings. The van der Waals surface area contributed by atoms with E-state index in [-0.39, 0.29) is 5.56 Å². The fourth-order valence-electron chi connectivity index (χ4n) is 1.36. The Kier molecular flexibility index (Phi) is 3.01. The highest BCUT2D eigenvalue weighted by Gasteiger charge is 2.06. The molecule has 2 aromatic heterocycles. The van der Waals surface area contributed by atoms with Crippen molar-refractivity contribution in [2.75, 3.05) is 0 Å². The molecule has 2 aromatic rings. The van der Waals surface area contributed by atoms with E-state index in [0.717, 1.165) is 0 Å².